The zero-order chi connectivity index (χ0) is 31.9. The summed E-state index contributed by atoms with van der Waals surface area (Å²) in [6.07, 6.45) is 5.78. The van der Waals surface area contributed by atoms with E-state index in [4.69, 9.17) is 9.52 Å². The Bertz CT molecular complexity index is 1840. The quantitative estimate of drug-likeness (QED) is 0.209. The fourth-order valence-electron chi connectivity index (χ4n) is 5.68. The molecule has 4 heterocycles. The van der Waals surface area contributed by atoms with Crippen LogP contribution in [0.5, 0.6) is 0 Å². The van der Waals surface area contributed by atoms with E-state index in [0.717, 1.165) is 84.1 Å². The Morgan fingerprint density at radius 2 is 1.48 bits per heavy atom. The number of para-hydroxylation sites is 1. The smallest absolute Gasteiger partial charge is 0.417 e. The number of benzene rings is 3. The number of aromatic nitrogens is 1. The molecule has 11 heteroatoms. The van der Waals surface area contributed by atoms with Crippen molar-refractivity contribution in [1.82, 2.24) is 15.2 Å². The SMILES string of the molecule is O=C(NCCCCN1CCN(c2cccc3[nH]c(=O)oc23)CC1)C1=Cc2ccccc2SC1.O=C(O)C1=Cc2ccccc2SC1. The Labute approximate surface area is 275 Å². The fraction of sp³-hybridized carbons (Fsp3) is 0.286. The number of thioether (sulfide) groups is 2. The van der Waals surface area contributed by atoms with E-state index in [1.54, 1.807) is 29.6 Å². The number of piperazine rings is 1. The van der Waals surface area contributed by atoms with Crippen LogP contribution in [0.4, 0.5) is 5.69 Å². The molecule has 1 amide bonds. The molecule has 238 valence electrons. The molecule has 1 fully saturated rings. The second-order valence-electron chi connectivity index (χ2n) is 11.3. The number of nitrogens with zero attached hydrogens (tertiary/aromatic N) is 2. The van der Waals surface area contributed by atoms with Gasteiger partial charge in [0, 0.05) is 65.2 Å². The highest BCUT2D eigenvalue weighted by Gasteiger charge is 2.21. The second-order valence-corrected chi connectivity index (χ2v) is 13.3. The molecule has 3 aromatic carbocycles. The highest BCUT2D eigenvalue weighted by Crippen LogP contribution is 2.32. The number of carboxylic acids is 1. The highest BCUT2D eigenvalue weighted by atomic mass is 32.2. The summed E-state index contributed by atoms with van der Waals surface area (Å²) in [4.78, 5) is 44.6. The molecule has 0 spiro atoms. The van der Waals surface area contributed by atoms with Crippen LogP contribution in [0.25, 0.3) is 23.3 Å². The number of rotatable bonds is 8. The number of carbonyl (C=O) groups excluding carboxylic acids is 1. The topological polar surface area (TPSA) is 119 Å². The summed E-state index contributed by atoms with van der Waals surface area (Å²) in [6.45, 7) is 5.48. The molecule has 3 aliphatic heterocycles. The summed E-state index contributed by atoms with van der Waals surface area (Å²) in [6, 6.07) is 21.8. The highest BCUT2D eigenvalue weighted by molar-refractivity contribution is 8.00. The van der Waals surface area contributed by atoms with Gasteiger partial charge in [-0.2, -0.15) is 0 Å². The van der Waals surface area contributed by atoms with E-state index in [1.807, 2.05) is 60.7 Å². The molecule has 0 unspecified atom stereocenters. The molecule has 3 aliphatic rings. The van der Waals surface area contributed by atoms with Crippen LogP contribution in [0, 0.1) is 0 Å². The van der Waals surface area contributed by atoms with Gasteiger partial charge in [-0.25, -0.2) is 9.59 Å². The van der Waals surface area contributed by atoms with Gasteiger partial charge in [0.15, 0.2) is 5.58 Å². The minimum Gasteiger partial charge on any atom is -0.478 e. The first-order valence-electron chi connectivity index (χ1n) is 15.4. The molecule has 0 bridgehead atoms. The third kappa shape index (κ3) is 7.78. The summed E-state index contributed by atoms with van der Waals surface area (Å²) >= 11 is 3.30. The number of carboxylic acid groups (broad SMARTS) is 1. The number of aromatic amines is 1. The number of unbranched alkanes of at least 4 members (excludes halogenated alkanes) is 1. The van der Waals surface area contributed by atoms with Gasteiger partial charge in [-0.3, -0.25) is 14.7 Å². The Hall–Kier alpha value is -4.19. The van der Waals surface area contributed by atoms with Crippen molar-refractivity contribution < 1.29 is 19.1 Å². The van der Waals surface area contributed by atoms with Crippen LogP contribution in [0.3, 0.4) is 0 Å². The lowest BCUT2D eigenvalue weighted by molar-refractivity contribution is -0.132. The van der Waals surface area contributed by atoms with Gasteiger partial charge >= 0.3 is 11.7 Å². The van der Waals surface area contributed by atoms with Crippen molar-refractivity contribution in [3.63, 3.8) is 0 Å². The maximum absolute atomic E-state index is 12.5. The third-order valence-corrected chi connectivity index (χ3v) is 10.4. The fourth-order valence-corrected chi connectivity index (χ4v) is 7.66. The summed E-state index contributed by atoms with van der Waals surface area (Å²) in [5, 5.41) is 11.9. The molecule has 0 radical (unpaired) electrons. The number of H-pyrrole nitrogens is 1. The molecular formula is C35H36N4O5S2. The van der Waals surface area contributed by atoms with Crippen molar-refractivity contribution >= 4 is 64.3 Å². The van der Waals surface area contributed by atoms with Gasteiger partial charge in [-0.05, 0) is 66.9 Å². The minimum absolute atomic E-state index is 0.0520. The molecule has 0 atom stereocenters. The number of anilines is 1. The number of fused-ring (bicyclic) bond motifs is 3. The zero-order valence-electron chi connectivity index (χ0n) is 25.4. The first-order valence-corrected chi connectivity index (χ1v) is 17.4. The first kappa shape index (κ1) is 31.8. The molecular weight excluding hydrogens is 621 g/mol. The van der Waals surface area contributed by atoms with Crippen LogP contribution in [-0.4, -0.2) is 77.6 Å². The van der Waals surface area contributed by atoms with E-state index >= 15 is 0 Å². The zero-order valence-corrected chi connectivity index (χ0v) is 27.0. The molecule has 7 rings (SSSR count). The predicted octanol–water partition coefficient (Wildman–Crippen LogP) is 5.59. The van der Waals surface area contributed by atoms with Gasteiger partial charge < -0.3 is 19.7 Å². The van der Waals surface area contributed by atoms with Crippen LogP contribution < -0.4 is 16.0 Å². The molecule has 0 aliphatic carbocycles. The van der Waals surface area contributed by atoms with Gasteiger partial charge in [0.1, 0.15) is 0 Å². The van der Waals surface area contributed by atoms with Gasteiger partial charge in [0.25, 0.3) is 0 Å². The van der Waals surface area contributed by atoms with Crippen molar-refractivity contribution in [1.29, 1.82) is 0 Å². The van der Waals surface area contributed by atoms with Gasteiger partial charge in [0.05, 0.1) is 11.2 Å². The van der Waals surface area contributed by atoms with E-state index in [-0.39, 0.29) is 5.91 Å². The van der Waals surface area contributed by atoms with Crippen LogP contribution >= 0.6 is 23.5 Å². The monoisotopic (exact) mass is 656 g/mol. The number of carbonyl (C=O) groups is 2. The van der Waals surface area contributed by atoms with Crippen LogP contribution in [0.2, 0.25) is 0 Å². The van der Waals surface area contributed by atoms with Crippen LogP contribution in [0.15, 0.2) is 96.9 Å². The normalized spacial score (nSPS) is 16.0. The molecule has 4 aromatic rings. The molecule has 1 aromatic heterocycles. The third-order valence-electron chi connectivity index (χ3n) is 8.16. The van der Waals surface area contributed by atoms with E-state index in [1.165, 1.54) is 4.90 Å². The number of hydrogen-bond acceptors (Lipinski definition) is 8. The maximum Gasteiger partial charge on any atom is 0.417 e. The number of oxazole rings is 1. The Morgan fingerprint density at radius 3 is 2.17 bits per heavy atom. The van der Waals surface area contributed by atoms with Crippen LogP contribution in [0.1, 0.15) is 24.0 Å². The van der Waals surface area contributed by atoms with Gasteiger partial charge in [-0.15, -0.1) is 23.5 Å². The Balaban J connectivity index is 0.000000238. The molecule has 0 saturated carbocycles. The summed E-state index contributed by atoms with van der Waals surface area (Å²) in [5.41, 5.74) is 5.83. The average molecular weight is 657 g/mol. The molecule has 9 nitrogen and oxygen atoms in total. The lowest BCUT2D eigenvalue weighted by atomic mass is 10.1. The molecule has 46 heavy (non-hydrogen) atoms. The Morgan fingerprint density at radius 1 is 0.826 bits per heavy atom. The van der Waals surface area contributed by atoms with Crippen molar-refractivity contribution in [3.8, 4) is 0 Å². The van der Waals surface area contributed by atoms with E-state index in [2.05, 4.69) is 32.2 Å². The van der Waals surface area contributed by atoms with Crippen LogP contribution in [-0.2, 0) is 9.59 Å². The number of aliphatic carboxylic acids is 1. The lowest BCUT2D eigenvalue weighted by Crippen LogP contribution is -2.46. The van der Waals surface area contributed by atoms with Gasteiger partial charge in [0.2, 0.25) is 5.91 Å². The minimum atomic E-state index is -0.818. The van der Waals surface area contributed by atoms with E-state index < -0.39 is 11.7 Å². The molecule has 3 N–H and O–H groups in total. The predicted molar refractivity (Wildman–Crippen MR) is 186 cm³/mol. The number of hydrogen-bond donors (Lipinski definition) is 3. The lowest BCUT2D eigenvalue weighted by Gasteiger charge is -2.36. The van der Waals surface area contributed by atoms with E-state index in [0.29, 0.717) is 23.5 Å². The first-order chi connectivity index (χ1) is 22.4. The van der Waals surface area contributed by atoms with Crippen molar-refractivity contribution in [2.75, 3.05) is 55.7 Å². The Kier molecular flexibility index (Phi) is 10.3. The maximum atomic E-state index is 12.5. The summed E-state index contributed by atoms with van der Waals surface area (Å²) in [5.74, 6) is 0.115. The van der Waals surface area contributed by atoms with Crippen molar-refractivity contribution in [3.05, 3.63) is 99.6 Å². The molecule has 1 saturated heterocycles. The van der Waals surface area contributed by atoms with Gasteiger partial charge in [-0.1, -0.05) is 42.5 Å². The average Bonchev–Trinajstić information content (AvgIpc) is 3.48. The van der Waals surface area contributed by atoms with Crippen molar-refractivity contribution in [2.24, 2.45) is 0 Å². The summed E-state index contributed by atoms with van der Waals surface area (Å²) < 4.78 is 5.35. The number of amides is 1. The number of nitrogens with one attached hydrogen (secondary N) is 2. The second kappa shape index (κ2) is 14.9. The van der Waals surface area contributed by atoms with E-state index in [9.17, 15) is 14.4 Å². The van der Waals surface area contributed by atoms with Crippen molar-refractivity contribution in [2.45, 2.75) is 22.6 Å². The summed E-state index contributed by atoms with van der Waals surface area (Å²) in [7, 11) is 0. The largest absolute Gasteiger partial charge is 0.478 e. The standard InChI is InChI=1S/C25H28N4O3S.C10H8O2S/c30-24(19-16-18-6-1-2-9-22(18)33-17-19)26-10-3-4-11-28-12-14-29(15-13-28)21-8-5-7-20-23(21)32-25(31)27-20;11-10(12)8-5-7-3-1-2-4-9(7)13-6-8/h1-2,5-9,16H,3-4,10-15,17H2,(H,26,30)(H,27,31);1-5H,6H2,(H,11,12).